The molecule has 5 rings (SSSR count). The summed E-state index contributed by atoms with van der Waals surface area (Å²) in [5.41, 5.74) is 4.47. The number of piperazine rings is 1. The SMILES string of the molecule is CC(C)(c1ccccc1F)N1CCN(C(=O)c2ccc(N3C=CCc4ccccc43)cc2)CC1. The van der Waals surface area contributed by atoms with Crippen LogP contribution in [0.2, 0.25) is 0 Å². The lowest BCUT2D eigenvalue weighted by Gasteiger charge is -2.44. The van der Waals surface area contributed by atoms with E-state index in [-0.39, 0.29) is 11.7 Å². The lowest BCUT2D eigenvalue weighted by atomic mass is 9.91. The van der Waals surface area contributed by atoms with Gasteiger partial charge in [0.2, 0.25) is 0 Å². The molecule has 0 radical (unpaired) electrons. The van der Waals surface area contributed by atoms with Crippen LogP contribution in [-0.2, 0) is 12.0 Å². The van der Waals surface area contributed by atoms with Crippen LogP contribution in [0.15, 0.2) is 85.1 Å². The fourth-order valence-electron chi connectivity index (χ4n) is 5.05. The van der Waals surface area contributed by atoms with E-state index >= 15 is 0 Å². The minimum Gasteiger partial charge on any atom is -0.336 e. The average molecular weight is 456 g/mol. The van der Waals surface area contributed by atoms with Gasteiger partial charge in [-0.3, -0.25) is 9.69 Å². The van der Waals surface area contributed by atoms with Gasteiger partial charge in [0.1, 0.15) is 5.82 Å². The molecule has 1 fully saturated rings. The first-order valence-electron chi connectivity index (χ1n) is 11.9. The molecule has 2 aliphatic rings. The molecule has 0 aliphatic carbocycles. The van der Waals surface area contributed by atoms with Crippen LogP contribution in [0.25, 0.3) is 0 Å². The summed E-state index contributed by atoms with van der Waals surface area (Å²) >= 11 is 0. The Balaban J connectivity index is 1.25. The number of para-hydroxylation sites is 1. The minimum atomic E-state index is -0.430. The number of amides is 1. The summed E-state index contributed by atoms with van der Waals surface area (Å²) in [5.74, 6) is -0.137. The Morgan fingerprint density at radius 2 is 1.53 bits per heavy atom. The summed E-state index contributed by atoms with van der Waals surface area (Å²) in [6, 6.07) is 23.2. The molecule has 34 heavy (non-hydrogen) atoms. The monoisotopic (exact) mass is 455 g/mol. The Hall–Kier alpha value is -3.44. The van der Waals surface area contributed by atoms with Crippen LogP contribution in [0.3, 0.4) is 0 Å². The van der Waals surface area contributed by atoms with Crippen LogP contribution in [-0.4, -0.2) is 41.9 Å². The number of carbonyl (C=O) groups is 1. The lowest BCUT2D eigenvalue weighted by Crippen LogP contribution is -2.54. The number of allylic oxidation sites excluding steroid dienone is 1. The molecule has 1 amide bonds. The van der Waals surface area contributed by atoms with Gasteiger partial charge in [-0.25, -0.2) is 4.39 Å². The minimum absolute atomic E-state index is 0.0458. The van der Waals surface area contributed by atoms with Crippen LogP contribution in [0.5, 0.6) is 0 Å². The van der Waals surface area contributed by atoms with Gasteiger partial charge in [0.15, 0.2) is 0 Å². The Kier molecular flexibility index (Phi) is 5.96. The topological polar surface area (TPSA) is 26.8 Å². The van der Waals surface area contributed by atoms with Crippen molar-refractivity contribution in [2.45, 2.75) is 25.8 Å². The van der Waals surface area contributed by atoms with Crippen molar-refractivity contribution < 1.29 is 9.18 Å². The molecule has 0 aromatic heterocycles. The molecule has 1 saturated heterocycles. The molecule has 174 valence electrons. The number of fused-ring (bicyclic) bond motifs is 1. The smallest absolute Gasteiger partial charge is 0.253 e. The number of nitrogens with zero attached hydrogens (tertiary/aromatic N) is 3. The molecule has 0 unspecified atom stereocenters. The van der Waals surface area contributed by atoms with Gasteiger partial charge in [-0.15, -0.1) is 0 Å². The maximum absolute atomic E-state index is 14.4. The summed E-state index contributed by atoms with van der Waals surface area (Å²) in [6.07, 6.45) is 5.18. The number of anilines is 2. The van der Waals surface area contributed by atoms with Gasteiger partial charge >= 0.3 is 0 Å². The van der Waals surface area contributed by atoms with Crippen molar-refractivity contribution in [1.29, 1.82) is 0 Å². The first-order valence-corrected chi connectivity index (χ1v) is 11.9. The number of carbonyl (C=O) groups excluding carboxylic acids is 1. The van der Waals surface area contributed by atoms with Crippen LogP contribution < -0.4 is 4.90 Å². The van der Waals surface area contributed by atoms with Crippen LogP contribution >= 0.6 is 0 Å². The fraction of sp³-hybridized carbons (Fsp3) is 0.276. The second-order valence-corrected chi connectivity index (χ2v) is 9.45. The van der Waals surface area contributed by atoms with E-state index in [9.17, 15) is 9.18 Å². The van der Waals surface area contributed by atoms with Crippen molar-refractivity contribution in [2.75, 3.05) is 31.1 Å². The lowest BCUT2D eigenvalue weighted by molar-refractivity contribution is 0.0381. The normalized spacial score (nSPS) is 16.4. The van der Waals surface area contributed by atoms with Gasteiger partial charge in [0.05, 0.1) is 0 Å². The Bertz CT molecular complexity index is 1210. The highest BCUT2D eigenvalue weighted by atomic mass is 19.1. The van der Waals surface area contributed by atoms with E-state index in [0.717, 1.165) is 12.1 Å². The quantitative estimate of drug-likeness (QED) is 0.503. The molecule has 4 nitrogen and oxygen atoms in total. The van der Waals surface area contributed by atoms with E-state index in [2.05, 4.69) is 60.2 Å². The Labute approximate surface area is 200 Å². The zero-order valence-corrected chi connectivity index (χ0v) is 19.7. The summed E-state index contributed by atoms with van der Waals surface area (Å²) < 4.78 is 14.4. The van der Waals surface area contributed by atoms with Crippen molar-refractivity contribution in [1.82, 2.24) is 9.80 Å². The molecule has 0 N–H and O–H groups in total. The predicted octanol–water partition coefficient (Wildman–Crippen LogP) is 5.73. The molecule has 0 atom stereocenters. The first-order chi connectivity index (χ1) is 16.4. The van der Waals surface area contributed by atoms with Crippen LogP contribution in [0.1, 0.15) is 35.3 Å². The molecular formula is C29H30FN3O. The highest BCUT2D eigenvalue weighted by Crippen LogP contribution is 2.33. The largest absolute Gasteiger partial charge is 0.336 e. The van der Waals surface area contributed by atoms with E-state index in [4.69, 9.17) is 0 Å². The van der Waals surface area contributed by atoms with Crippen molar-refractivity contribution in [2.24, 2.45) is 0 Å². The molecule has 2 aliphatic heterocycles. The van der Waals surface area contributed by atoms with Gasteiger partial charge in [0, 0.05) is 60.4 Å². The molecule has 3 aromatic rings. The number of rotatable bonds is 4. The highest BCUT2D eigenvalue weighted by molar-refractivity contribution is 5.94. The molecule has 3 aromatic carbocycles. The molecule has 5 heteroatoms. The second kappa shape index (κ2) is 9.07. The molecular weight excluding hydrogens is 425 g/mol. The summed E-state index contributed by atoms with van der Waals surface area (Å²) in [4.78, 5) is 19.5. The zero-order valence-electron chi connectivity index (χ0n) is 19.7. The van der Waals surface area contributed by atoms with Gasteiger partial charge < -0.3 is 9.80 Å². The highest BCUT2D eigenvalue weighted by Gasteiger charge is 2.34. The van der Waals surface area contributed by atoms with Crippen molar-refractivity contribution >= 4 is 17.3 Å². The van der Waals surface area contributed by atoms with Gasteiger partial charge in [-0.1, -0.05) is 42.5 Å². The molecule has 0 spiro atoms. The average Bonchev–Trinajstić information content (AvgIpc) is 2.88. The maximum atomic E-state index is 14.4. The van der Waals surface area contributed by atoms with E-state index in [1.807, 2.05) is 41.3 Å². The van der Waals surface area contributed by atoms with Gasteiger partial charge in [-0.2, -0.15) is 0 Å². The summed E-state index contributed by atoms with van der Waals surface area (Å²) in [7, 11) is 0. The third-order valence-corrected chi connectivity index (χ3v) is 7.13. The van der Waals surface area contributed by atoms with Crippen LogP contribution in [0, 0.1) is 5.82 Å². The number of halogens is 1. The van der Waals surface area contributed by atoms with E-state index in [1.165, 1.54) is 17.3 Å². The zero-order chi connectivity index (χ0) is 23.7. The summed E-state index contributed by atoms with van der Waals surface area (Å²) in [6.45, 7) is 6.77. The van der Waals surface area contributed by atoms with E-state index in [0.29, 0.717) is 37.3 Å². The number of benzene rings is 3. The Morgan fingerprint density at radius 1 is 0.853 bits per heavy atom. The van der Waals surface area contributed by atoms with Crippen molar-refractivity contribution in [3.63, 3.8) is 0 Å². The van der Waals surface area contributed by atoms with E-state index < -0.39 is 5.54 Å². The third kappa shape index (κ3) is 4.12. The third-order valence-electron chi connectivity index (χ3n) is 7.13. The first kappa shape index (κ1) is 22.4. The van der Waals surface area contributed by atoms with Gasteiger partial charge in [-0.05, 0) is 62.2 Å². The molecule has 2 heterocycles. The molecule has 0 saturated carbocycles. The summed E-state index contributed by atoms with van der Waals surface area (Å²) in [5, 5.41) is 0. The van der Waals surface area contributed by atoms with E-state index in [1.54, 1.807) is 6.07 Å². The Morgan fingerprint density at radius 3 is 2.26 bits per heavy atom. The number of hydrogen-bond acceptors (Lipinski definition) is 3. The van der Waals surface area contributed by atoms with Crippen molar-refractivity contribution in [3.8, 4) is 0 Å². The second-order valence-electron chi connectivity index (χ2n) is 9.45. The fourth-order valence-corrected chi connectivity index (χ4v) is 5.05. The maximum Gasteiger partial charge on any atom is 0.253 e. The van der Waals surface area contributed by atoms with Crippen LogP contribution in [0.4, 0.5) is 15.8 Å². The standard InChI is InChI=1S/C29H30FN3O/c1-29(2,25-10-4-5-11-26(25)30)32-20-18-31(19-21-32)28(34)23-13-15-24(16-14-23)33-17-7-9-22-8-3-6-12-27(22)33/h3-8,10-17H,9,18-21H2,1-2H3. The molecule has 0 bridgehead atoms. The van der Waals surface area contributed by atoms with Gasteiger partial charge in [0.25, 0.3) is 5.91 Å². The van der Waals surface area contributed by atoms with Crippen molar-refractivity contribution in [3.05, 3.63) is 108 Å². The predicted molar refractivity (Wildman–Crippen MR) is 135 cm³/mol. The number of hydrogen-bond donors (Lipinski definition) is 0.